The van der Waals surface area contributed by atoms with Crippen molar-refractivity contribution >= 4 is 5.96 Å². The Morgan fingerprint density at radius 2 is 2.00 bits per heavy atom. The van der Waals surface area contributed by atoms with E-state index in [1.165, 1.54) is 31.2 Å². The molecule has 2 aliphatic rings. The summed E-state index contributed by atoms with van der Waals surface area (Å²) in [6.07, 6.45) is 5.37. The topological polar surface area (TPSA) is 67.6 Å². The van der Waals surface area contributed by atoms with Gasteiger partial charge in [0.2, 0.25) is 0 Å². The summed E-state index contributed by atoms with van der Waals surface area (Å²) < 4.78 is 7.27. The first-order valence-corrected chi connectivity index (χ1v) is 10.1. The Morgan fingerprint density at radius 1 is 1.21 bits per heavy atom. The highest BCUT2D eigenvalue weighted by atomic mass is 16.5. The van der Waals surface area contributed by atoms with Gasteiger partial charge in [-0.2, -0.15) is 0 Å². The molecule has 7 heteroatoms. The van der Waals surface area contributed by atoms with Crippen LogP contribution in [0.2, 0.25) is 0 Å². The first-order chi connectivity index (χ1) is 13.6. The van der Waals surface area contributed by atoms with E-state index in [1.807, 2.05) is 30.7 Å². The molecule has 0 atom stereocenters. The molecule has 1 saturated heterocycles. The summed E-state index contributed by atoms with van der Waals surface area (Å²) in [5, 5.41) is 12.0. The number of aromatic nitrogens is 3. The third-order valence-corrected chi connectivity index (χ3v) is 6.31. The maximum atomic E-state index is 5.25. The van der Waals surface area contributed by atoms with Gasteiger partial charge in [-0.05, 0) is 49.3 Å². The molecule has 0 radical (unpaired) electrons. The zero-order valence-corrected chi connectivity index (χ0v) is 17.1. The van der Waals surface area contributed by atoms with E-state index in [9.17, 15) is 0 Å². The van der Waals surface area contributed by atoms with Crippen LogP contribution in [0, 0.1) is 12.3 Å². The Balaban J connectivity index is 1.47. The van der Waals surface area contributed by atoms with E-state index in [1.54, 1.807) is 7.11 Å². The second-order valence-electron chi connectivity index (χ2n) is 8.09. The Labute approximate surface area is 166 Å². The summed E-state index contributed by atoms with van der Waals surface area (Å²) in [7, 11) is 3.69. The molecule has 2 aromatic rings. The number of likely N-dealkylation sites (tertiary alicyclic amines) is 1. The van der Waals surface area contributed by atoms with Crippen LogP contribution in [0.15, 0.2) is 29.3 Å². The van der Waals surface area contributed by atoms with Crippen molar-refractivity contribution in [2.75, 3.05) is 20.2 Å². The molecule has 0 bridgehead atoms. The van der Waals surface area contributed by atoms with Crippen LogP contribution in [0.1, 0.15) is 42.9 Å². The number of ether oxygens (including phenoxy) is 1. The zero-order valence-electron chi connectivity index (χ0n) is 17.1. The predicted octanol–water partition coefficient (Wildman–Crippen LogP) is 2.65. The molecular weight excluding hydrogens is 352 g/mol. The Bertz CT molecular complexity index is 837. The van der Waals surface area contributed by atoms with Crippen molar-refractivity contribution in [1.82, 2.24) is 25.0 Å². The van der Waals surface area contributed by atoms with E-state index in [0.29, 0.717) is 18.5 Å². The summed E-state index contributed by atoms with van der Waals surface area (Å²) >= 11 is 0. The van der Waals surface area contributed by atoms with Crippen molar-refractivity contribution in [2.24, 2.45) is 17.5 Å². The van der Waals surface area contributed by atoms with E-state index in [2.05, 4.69) is 32.5 Å². The van der Waals surface area contributed by atoms with Crippen LogP contribution < -0.4 is 10.1 Å². The lowest BCUT2D eigenvalue weighted by atomic mass is 9.68. The fraction of sp³-hybridized carbons (Fsp3) is 0.571. The molecule has 0 amide bonds. The zero-order chi connectivity index (χ0) is 19.6. The van der Waals surface area contributed by atoms with Gasteiger partial charge in [0.25, 0.3) is 0 Å². The van der Waals surface area contributed by atoms with Crippen LogP contribution in [-0.4, -0.2) is 45.8 Å². The molecule has 1 N–H and O–H groups in total. The molecule has 7 nitrogen and oxygen atoms in total. The summed E-state index contributed by atoms with van der Waals surface area (Å²) in [6.45, 7) is 5.43. The number of nitrogens with zero attached hydrogens (tertiary/aromatic N) is 5. The normalized spacial score (nSPS) is 18.4. The molecule has 2 fully saturated rings. The number of aliphatic imine (C=N–C) groups is 1. The van der Waals surface area contributed by atoms with Crippen LogP contribution in [0.4, 0.5) is 0 Å². The first-order valence-electron chi connectivity index (χ1n) is 10.1. The van der Waals surface area contributed by atoms with Crippen LogP contribution in [0.5, 0.6) is 5.75 Å². The number of rotatable bonds is 5. The average molecular weight is 383 g/mol. The van der Waals surface area contributed by atoms with E-state index in [-0.39, 0.29) is 0 Å². The Morgan fingerprint density at radius 3 is 2.57 bits per heavy atom. The standard InChI is InChI=1S/C21H30N6O/c1-16-24-25-19(26(16)2)14-23-20(27-12-11-21(15-27)9-4-10-21)22-13-17-5-7-18(28-3)8-6-17/h5-8H,4,9-15H2,1-3H3,(H,22,23). The summed E-state index contributed by atoms with van der Waals surface area (Å²) in [5.41, 5.74) is 1.70. The van der Waals surface area contributed by atoms with Gasteiger partial charge < -0.3 is 19.5 Å². The SMILES string of the molecule is COc1ccc(CN=C(NCc2nnc(C)n2C)N2CCC3(CCC3)C2)cc1. The molecule has 4 rings (SSSR count). The largest absolute Gasteiger partial charge is 0.497 e. The maximum absolute atomic E-state index is 5.25. The van der Waals surface area contributed by atoms with Gasteiger partial charge in [0, 0.05) is 20.1 Å². The van der Waals surface area contributed by atoms with Gasteiger partial charge in [0.15, 0.2) is 11.8 Å². The molecule has 150 valence electrons. The molecule has 1 aliphatic carbocycles. The minimum atomic E-state index is 0.532. The van der Waals surface area contributed by atoms with Crippen molar-refractivity contribution in [3.63, 3.8) is 0 Å². The number of methoxy groups -OCH3 is 1. The molecule has 28 heavy (non-hydrogen) atoms. The molecule has 0 unspecified atom stereocenters. The average Bonchev–Trinajstić information content (AvgIpc) is 3.28. The Kier molecular flexibility index (Phi) is 5.24. The first kappa shape index (κ1) is 18.8. The summed E-state index contributed by atoms with van der Waals surface area (Å²) in [6, 6.07) is 8.12. The summed E-state index contributed by atoms with van der Waals surface area (Å²) in [4.78, 5) is 7.36. The van der Waals surface area contributed by atoms with Gasteiger partial charge in [0.1, 0.15) is 11.6 Å². The van der Waals surface area contributed by atoms with Crippen LogP contribution in [0.3, 0.4) is 0 Å². The fourth-order valence-electron chi connectivity index (χ4n) is 4.13. The van der Waals surface area contributed by atoms with Gasteiger partial charge in [-0.25, -0.2) is 4.99 Å². The molecule has 1 aromatic carbocycles. The van der Waals surface area contributed by atoms with Crippen molar-refractivity contribution < 1.29 is 4.74 Å². The van der Waals surface area contributed by atoms with Crippen molar-refractivity contribution in [2.45, 2.75) is 45.7 Å². The lowest BCUT2D eigenvalue weighted by Gasteiger charge is -2.38. The number of aryl methyl sites for hydroxylation is 1. The monoisotopic (exact) mass is 382 g/mol. The number of hydrogen-bond acceptors (Lipinski definition) is 4. The third-order valence-electron chi connectivity index (χ3n) is 6.31. The molecule has 1 aliphatic heterocycles. The van der Waals surface area contributed by atoms with Crippen molar-refractivity contribution in [1.29, 1.82) is 0 Å². The number of nitrogens with one attached hydrogen (secondary N) is 1. The van der Waals surface area contributed by atoms with Gasteiger partial charge in [0.05, 0.1) is 20.2 Å². The van der Waals surface area contributed by atoms with Gasteiger partial charge in [-0.15, -0.1) is 10.2 Å². The van der Waals surface area contributed by atoms with E-state index < -0.39 is 0 Å². The second kappa shape index (κ2) is 7.81. The van der Waals surface area contributed by atoms with Crippen LogP contribution >= 0.6 is 0 Å². The van der Waals surface area contributed by atoms with Gasteiger partial charge in [-0.3, -0.25) is 0 Å². The lowest BCUT2D eigenvalue weighted by Crippen LogP contribution is -2.42. The van der Waals surface area contributed by atoms with Crippen LogP contribution in [0.25, 0.3) is 0 Å². The highest BCUT2D eigenvalue weighted by molar-refractivity contribution is 5.80. The van der Waals surface area contributed by atoms with E-state index >= 15 is 0 Å². The fourth-order valence-corrected chi connectivity index (χ4v) is 4.13. The minimum Gasteiger partial charge on any atom is -0.497 e. The third kappa shape index (κ3) is 3.84. The maximum Gasteiger partial charge on any atom is 0.194 e. The molecule has 1 aromatic heterocycles. The smallest absolute Gasteiger partial charge is 0.194 e. The van der Waals surface area contributed by atoms with E-state index in [4.69, 9.17) is 9.73 Å². The van der Waals surface area contributed by atoms with Gasteiger partial charge in [-0.1, -0.05) is 18.6 Å². The molecule has 1 saturated carbocycles. The van der Waals surface area contributed by atoms with Gasteiger partial charge >= 0.3 is 0 Å². The highest BCUT2D eigenvalue weighted by Gasteiger charge is 2.43. The predicted molar refractivity (Wildman–Crippen MR) is 109 cm³/mol. The molecular formula is C21H30N6O. The lowest BCUT2D eigenvalue weighted by molar-refractivity contribution is 0.151. The Hall–Kier alpha value is -2.57. The minimum absolute atomic E-state index is 0.532. The molecule has 2 heterocycles. The number of benzene rings is 1. The van der Waals surface area contributed by atoms with Crippen molar-refractivity contribution in [3.8, 4) is 5.75 Å². The quantitative estimate of drug-likeness (QED) is 0.636. The summed E-state index contributed by atoms with van der Waals surface area (Å²) in [5.74, 6) is 3.69. The number of guanidine groups is 1. The number of hydrogen-bond donors (Lipinski definition) is 1. The van der Waals surface area contributed by atoms with Crippen molar-refractivity contribution in [3.05, 3.63) is 41.5 Å². The highest BCUT2D eigenvalue weighted by Crippen LogP contribution is 2.47. The second-order valence-corrected chi connectivity index (χ2v) is 8.09. The van der Waals surface area contributed by atoms with Crippen LogP contribution in [-0.2, 0) is 20.1 Å². The molecule has 1 spiro atoms. The van der Waals surface area contributed by atoms with E-state index in [0.717, 1.165) is 36.4 Å².